The van der Waals surface area contributed by atoms with Crippen molar-refractivity contribution in [1.29, 1.82) is 0 Å². The quantitative estimate of drug-likeness (QED) is 0.460. The lowest BCUT2D eigenvalue weighted by Crippen LogP contribution is -1.78. The van der Waals surface area contributed by atoms with Crippen LogP contribution in [0, 0.1) is 18.8 Å². The van der Waals surface area contributed by atoms with Gasteiger partial charge in [0.2, 0.25) is 0 Å². The molecular formula is C10H10OS. The highest BCUT2D eigenvalue weighted by atomic mass is 32.1. The van der Waals surface area contributed by atoms with Gasteiger partial charge in [0.05, 0.1) is 11.3 Å². The maximum Gasteiger partial charge on any atom is 0.131 e. The summed E-state index contributed by atoms with van der Waals surface area (Å²) < 4.78 is 0. The van der Waals surface area contributed by atoms with E-state index in [1.807, 2.05) is 13.0 Å². The Morgan fingerprint density at radius 3 is 2.83 bits per heavy atom. The molecule has 0 aliphatic rings. The predicted octanol–water partition coefficient (Wildman–Crippen LogP) is 1.98. The Hall–Kier alpha value is -1.07. The topological polar surface area (TPSA) is 20.2 Å². The second-order valence-corrected chi connectivity index (χ2v) is 2.80. The van der Waals surface area contributed by atoms with Crippen LogP contribution in [-0.4, -0.2) is 10.9 Å². The molecule has 0 saturated heterocycles. The Labute approximate surface area is 77.8 Å². The molecule has 0 aromatic heterocycles. The number of hydrogen-bond acceptors (Lipinski definition) is 2. The number of phenols is 1. The van der Waals surface area contributed by atoms with Crippen molar-refractivity contribution in [3.05, 3.63) is 29.3 Å². The maximum atomic E-state index is 9.39. The monoisotopic (exact) mass is 178 g/mol. The van der Waals surface area contributed by atoms with E-state index in [0.717, 1.165) is 5.56 Å². The van der Waals surface area contributed by atoms with Crippen LogP contribution in [0.5, 0.6) is 5.75 Å². The van der Waals surface area contributed by atoms with E-state index < -0.39 is 0 Å². The summed E-state index contributed by atoms with van der Waals surface area (Å²) >= 11 is 3.95. The van der Waals surface area contributed by atoms with E-state index >= 15 is 0 Å². The molecule has 0 heterocycles. The van der Waals surface area contributed by atoms with E-state index in [0.29, 0.717) is 11.3 Å². The highest BCUT2D eigenvalue weighted by Crippen LogP contribution is 2.16. The molecule has 1 aromatic rings. The number of aryl methyl sites for hydroxylation is 1. The third-order valence-corrected chi connectivity index (χ3v) is 1.61. The third-order valence-electron chi connectivity index (χ3n) is 1.46. The summed E-state index contributed by atoms with van der Waals surface area (Å²) in [5.74, 6) is 6.34. The molecule has 1 rings (SSSR count). The lowest BCUT2D eigenvalue weighted by atomic mass is 10.1. The zero-order valence-electron chi connectivity index (χ0n) is 6.83. The normalized spacial score (nSPS) is 8.83. The molecular weight excluding hydrogens is 168 g/mol. The summed E-state index contributed by atoms with van der Waals surface area (Å²) in [6, 6.07) is 5.42. The Balaban J connectivity index is 3.01. The standard InChI is InChI=1S/C10H10OS/c1-8-4-5-9(3-2-6-12)10(11)7-8/h4-5,7,11-12H,6H2,1H3. The van der Waals surface area contributed by atoms with Gasteiger partial charge in [0.1, 0.15) is 5.75 Å². The number of benzene rings is 1. The van der Waals surface area contributed by atoms with E-state index in [1.165, 1.54) is 0 Å². The van der Waals surface area contributed by atoms with Crippen molar-refractivity contribution >= 4 is 12.6 Å². The van der Waals surface area contributed by atoms with Gasteiger partial charge in [-0.25, -0.2) is 0 Å². The first-order valence-electron chi connectivity index (χ1n) is 3.63. The van der Waals surface area contributed by atoms with Gasteiger partial charge in [0, 0.05) is 0 Å². The van der Waals surface area contributed by atoms with Gasteiger partial charge in [-0.05, 0) is 24.6 Å². The number of hydrogen-bond donors (Lipinski definition) is 2. The number of phenolic OH excluding ortho intramolecular Hbond substituents is 1. The highest BCUT2D eigenvalue weighted by Gasteiger charge is 1.95. The molecule has 0 bridgehead atoms. The molecule has 12 heavy (non-hydrogen) atoms. The first-order valence-corrected chi connectivity index (χ1v) is 4.26. The minimum atomic E-state index is 0.240. The number of aromatic hydroxyl groups is 1. The van der Waals surface area contributed by atoms with Crippen molar-refractivity contribution in [1.82, 2.24) is 0 Å². The summed E-state index contributed by atoms with van der Waals surface area (Å²) in [7, 11) is 0. The second kappa shape index (κ2) is 4.08. The second-order valence-electron chi connectivity index (χ2n) is 2.48. The van der Waals surface area contributed by atoms with Crippen LogP contribution in [0.1, 0.15) is 11.1 Å². The zero-order chi connectivity index (χ0) is 8.97. The predicted molar refractivity (Wildman–Crippen MR) is 53.6 cm³/mol. The Bertz CT molecular complexity index is 333. The number of rotatable bonds is 0. The van der Waals surface area contributed by atoms with E-state index in [1.54, 1.807) is 12.1 Å². The minimum Gasteiger partial charge on any atom is -0.507 e. The van der Waals surface area contributed by atoms with Crippen LogP contribution < -0.4 is 0 Å². The van der Waals surface area contributed by atoms with Crippen molar-refractivity contribution in [3.8, 4) is 17.6 Å². The first kappa shape index (κ1) is 9.02. The van der Waals surface area contributed by atoms with Crippen LogP contribution in [0.3, 0.4) is 0 Å². The Morgan fingerprint density at radius 2 is 2.25 bits per heavy atom. The third kappa shape index (κ3) is 2.21. The summed E-state index contributed by atoms with van der Waals surface area (Å²) in [4.78, 5) is 0. The molecule has 62 valence electrons. The van der Waals surface area contributed by atoms with E-state index in [-0.39, 0.29) is 5.75 Å². The molecule has 0 fully saturated rings. The van der Waals surface area contributed by atoms with Crippen molar-refractivity contribution in [2.45, 2.75) is 6.92 Å². The van der Waals surface area contributed by atoms with Gasteiger partial charge in [-0.3, -0.25) is 0 Å². The van der Waals surface area contributed by atoms with E-state index in [4.69, 9.17) is 0 Å². The molecule has 0 aliphatic carbocycles. The SMILES string of the molecule is Cc1ccc(C#CCS)c(O)c1. The number of thiol groups is 1. The van der Waals surface area contributed by atoms with Gasteiger partial charge in [0.25, 0.3) is 0 Å². The van der Waals surface area contributed by atoms with Crippen LogP contribution in [0.25, 0.3) is 0 Å². The van der Waals surface area contributed by atoms with Gasteiger partial charge in [-0.15, -0.1) is 0 Å². The summed E-state index contributed by atoms with van der Waals surface area (Å²) in [5, 5.41) is 9.39. The largest absolute Gasteiger partial charge is 0.507 e. The molecule has 0 aliphatic heterocycles. The lowest BCUT2D eigenvalue weighted by molar-refractivity contribution is 0.473. The van der Waals surface area contributed by atoms with Crippen molar-refractivity contribution in [2.75, 3.05) is 5.75 Å². The van der Waals surface area contributed by atoms with Crippen LogP contribution in [-0.2, 0) is 0 Å². The highest BCUT2D eigenvalue weighted by molar-refractivity contribution is 7.80. The fourth-order valence-corrected chi connectivity index (χ4v) is 0.961. The minimum absolute atomic E-state index is 0.240. The Kier molecular flexibility index (Phi) is 3.07. The van der Waals surface area contributed by atoms with Crippen molar-refractivity contribution in [2.24, 2.45) is 0 Å². The molecule has 0 spiro atoms. The van der Waals surface area contributed by atoms with E-state index in [9.17, 15) is 5.11 Å². The first-order chi connectivity index (χ1) is 5.74. The zero-order valence-corrected chi connectivity index (χ0v) is 7.73. The summed E-state index contributed by atoms with van der Waals surface area (Å²) in [5.41, 5.74) is 1.69. The smallest absolute Gasteiger partial charge is 0.131 e. The van der Waals surface area contributed by atoms with Crippen LogP contribution >= 0.6 is 12.6 Å². The van der Waals surface area contributed by atoms with Crippen molar-refractivity contribution < 1.29 is 5.11 Å². The molecule has 2 heteroatoms. The summed E-state index contributed by atoms with van der Waals surface area (Å²) in [6.07, 6.45) is 0. The van der Waals surface area contributed by atoms with Gasteiger partial charge in [0.15, 0.2) is 0 Å². The van der Waals surface area contributed by atoms with Crippen LogP contribution in [0.4, 0.5) is 0 Å². The molecule has 0 amide bonds. The van der Waals surface area contributed by atoms with Crippen LogP contribution in [0.2, 0.25) is 0 Å². The molecule has 0 saturated carbocycles. The maximum absolute atomic E-state index is 9.39. The molecule has 0 atom stereocenters. The molecule has 1 nitrogen and oxygen atoms in total. The van der Waals surface area contributed by atoms with Crippen LogP contribution in [0.15, 0.2) is 18.2 Å². The fraction of sp³-hybridized carbons (Fsp3) is 0.200. The molecule has 0 unspecified atom stereocenters. The van der Waals surface area contributed by atoms with Crippen molar-refractivity contribution in [3.63, 3.8) is 0 Å². The molecule has 1 aromatic carbocycles. The van der Waals surface area contributed by atoms with Gasteiger partial charge >= 0.3 is 0 Å². The Morgan fingerprint density at radius 1 is 1.50 bits per heavy atom. The van der Waals surface area contributed by atoms with Gasteiger partial charge in [-0.1, -0.05) is 17.9 Å². The molecule has 0 radical (unpaired) electrons. The lowest BCUT2D eigenvalue weighted by Gasteiger charge is -1.97. The average Bonchev–Trinajstić information content (AvgIpc) is 2.03. The molecule has 1 N–H and O–H groups in total. The van der Waals surface area contributed by atoms with E-state index in [2.05, 4.69) is 24.5 Å². The average molecular weight is 178 g/mol. The van der Waals surface area contributed by atoms with Gasteiger partial charge in [-0.2, -0.15) is 12.6 Å². The fourth-order valence-electron chi connectivity index (χ4n) is 0.882. The van der Waals surface area contributed by atoms with Gasteiger partial charge < -0.3 is 5.11 Å². The summed E-state index contributed by atoms with van der Waals surface area (Å²) in [6.45, 7) is 1.93.